The Bertz CT molecular complexity index is 628. The number of rotatable bonds is 5. The van der Waals surface area contributed by atoms with Crippen LogP contribution in [-0.4, -0.2) is 44.5 Å². The summed E-state index contributed by atoms with van der Waals surface area (Å²) in [5.41, 5.74) is 1.11. The van der Waals surface area contributed by atoms with Gasteiger partial charge in [0, 0.05) is 19.0 Å². The summed E-state index contributed by atoms with van der Waals surface area (Å²) in [6.45, 7) is 5.51. The third-order valence-electron chi connectivity index (χ3n) is 3.68. The third kappa shape index (κ3) is 6.54. The highest BCUT2D eigenvalue weighted by molar-refractivity contribution is 14.0. The van der Waals surface area contributed by atoms with Crippen LogP contribution < -0.4 is 10.6 Å². The predicted octanol–water partition coefficient (Wildman–Crippen LogP) is 1.98. The average molecular weight is 472 g/mol. The van der Waals surface area contributed by atoms with Crippen molar-refractivity contribution in [3.63, 3.8) is 0 Å². The highest BCUT2D eigenvalue weighted by atomic mass is 127. The molecular formula is C14H25IN4O2S2. The predicted molar refractivity (Wildman–Crippen MR) is 107 cm³/mol. The highest BCUT2D eigenvalue weighted by Crippen LogP contribution is 2.18. The first-order valence-electron chi connectivity index (χ1n) is 7.49. The number of guanidine groups is 1. The average Bonchev–Trinajstić information content (AvgIpc) is 3.05. The molecule has 6 nitrogen and oxygen atoms in total. The molecule has 1 aromatic rings. The fraction of sp³-hybridized carbons (Fsp3) is 0.714. The molecule has 23 heavy (non-hydrogen) atoms. The summed E-state index contributed by atoms with van der Waals surface area (Å²) in [5, 5.41) is 9.53. The number of hydrogen-bond donors (Lipinski definition) is 2. The Morgan fingerprint density at radius 3 is 2.74 bits per heavy atom. The van der Waals surface area contributed by atoms with Crippen molar-refractivity contribution < 1.29 is 8.42 Å². The van der Waals surface area contributed by atoms with Gasteiger partial charge in [0.2, 0.25) is 0 Å². The van der Waals surface area contributed by atoms with Crippen molar-refractivity contribution in [1.82, 2.24) is 15.6 Å². The summed E-state index contributed by atoms with van der Waals surface area (Å²) in [6.07, 6.45) is 0.733. The maximum Gasteiger partial charge on any atom is 0.191 e. The second-order valence-electron chi connectivity index (χ2n) is 5.90. The largest absolute Gasteiger partial charge is 0.356 e. The number of thiazole rings is 1. The first-order valence-corrected chi connectivity index (χ1v) is 10.2. The first-order chi connectivity index (χ1) is 10.4. The minimum absolute atomic E-state index is 0. The third-order valence-corrected chi connectivity index (χ3v) is 6.38. The van der Waals surface area contributed by atoms with E-state index in [1.807, 2.05) is 0 Å². The molecule has 2 heterocycles. The van der Waals surface area contributed by atoms with E-state index in [9.17, 15) is 8.42 Å². The van der Waals surface area contributed by atoms with E-state index >= 15 is 0 Å². The molecule has 1 saturated heterocycles. The van der Waals surface area contributed by atoms with Crippen LogP contribution in [0.2, 0.25) is 0 Å². The quantitative estimate of drug-likeness (QED) is 0.389. The van der Waals surface area contributed by atoms with Gasteiger partial charge in [-0.25, -0.2) is 13.4 Å². The van der Waals surface area contributed by atoms with Crippen molar-refractivity contribution in [3.05, 3.63) is 16.1 Å². The molecule has 0 aliphatic carbocycles. The SMILES string of the molecule is CN=C(NCc1nc(C(C)C)cs1)NCC1CCS(=O)(=O)C1.I. The molecule has 1 aliphatic rings. The lowest BCUT2D eigenvalue weighted by Gasteiger charge is -2.13. The van der Waals surface area contributed by atoms with E-state index in [4.69, 9.17) is 0 Å². The van der Waals surface area contributed by atoms with Crippen molar-refractivity contribution in [2.24, 2.45) is 10.9 Å². The first kappa shape index (κ1) is 20.6. The van der Waals surface area contributed by atoms with E-state index in [1.165, 1.54) is 0 Å². The van der Waals surface area contributed by atoms with Crippen LogP contribution in [0.3, 0.4) is 0 Å². The topological polar surface area (TPSA) is 83.4 Å². The van der Waals surface area contributed by atoms with Crippen LogP contribution in [0.1, 0.15) is 36.9 Å². The normalized spacial score (nSPS) is 20.3. The van der Waals surface area contributed by atoms with Gasteiger partial charge in [-0.1, -0.05) is 13.8 Å². The molecule has 1 atom stereocenters. The number of nitrogens with zero attached hydrogens (tertiary/aromatic N) is 2. The van der Waals surface area contributed by atoms with Crippen LogP contribution in [-0.2, 0) is 16.4 Å². The van der Waals surface area contributed by atoms with Gasteiger partial charge in [0.05, 0.1) is 23.7 Å². The molecule has 1 aliphatic heterocycles. The Balaban J connectivity index is 0.00000264. The number of nitrogens with one attached hydrogen (secondary N) is 2. The minimum atomic E-state index is -2.82. The second kappa shape index (κ2) is 9.16. The summed E-state index contributed by atoms with van der Waals surface area (Å²) >= 11 is 1.64. The van der Waals surface area contributed by atoms with Gasteiger partial charge in [-0.2, -0.15) is 0 Å². The molecule has 1 aromatic heterocycles. The Hall–Kier alpha value is -0.420. The second-order valence-corrected chi connectivity index (χ2v) is 9.07. The molecule has 2 rings (SSSR count). The maximum absolute atomic E-state index is 11.4. The standard InChI is InChI=1S/C14H24N4O2S2.HI/c1-10(2)12-8-21-13(18-12)7-17-14(15-3)16-6-11-4-5-22(19,20)9-11;/h8,10-11H,4-7,9H2,1-3H3,(H2,15,16,17);1H. The van der Waals surface area contributed by atoms with Gasteiger partial charge in [-0.05, 0) is 18.3 Å². The number of aromatic nitrogens is 1. The van der Waals surface area contributed by atoms with Crippen LogP contribution in [0.4, 0.5) is 0 Å². The number of hydrogen-bond acceptors (Lipinski definition) is 5. The summed E-state index contributed by atoms with van der Waals surface area (Å²) in [4.78, 5) is 8.73. The molecule has 0 radical (unpaired) electrons. The molecule has 1 fully saturated rings. The maximum atomic E-state index is 11.4. The molecule has 132 valence electrons. The van der Waals surface area contributed by atoms with Gasteiger partial charge in [0.1, 0.15) is 5.01 Å². The molecule has 0 saturated carbocycles. The van der Waals surface area contributed by atoms with Crippen molar-refractivity contribution in [2.75, 3.05) is 25.1 Å². The van der Waals surface area contributed by atoms with Crippen LogP contribution in [0.25, 0.3) is 0 Å². The molecule has 0 amide bonds. The van der Waals surface area contributed by atoms with E-state index in [1.54, 1.807) is 18.4 Å². The zero-order valence-electron chi connectivity index (χ0n) is 13.7. The lowest BCUT2D eigenvalue weighted by molar-refractivity contribution is 0.567. The fourth-order valence-corrected chi connectivity index (χ4v) is 5.08. The molecular weight excluding hydrogens is 447 g/mol. The monoisotopic (exact) mass is 472 g/mol. The molecule has 1 unspecified atom stereocenters. The number of sulfone groups is 1. The van der Waals surface area contributed by atoms with Gasteiger partial charge < -0.3 is 10.6 Å². The number of halogens is 1. The smallest absolute Gasteiger partial charge is 0.191 e. The Morgan fingerprint density at radius 2 is 2.22 bits per heavy atom. The van der Waals surface area contributed by atoms with Gasteiger partial charge in [0.25, 0.3) is 0 Å². The van der Waals surface area contributed by atoms with Crippen molar-refractivity contribution >= 4 is 51.1 Å². The van der Waals surface area contributed by atoms with Gasteiger partial charge in [0.15, 0.2) is 15.8 Å². The van der Waals surface area contributed by atoms with Crippen molar-refractivity contribution in [2.45, 2.75) is 32.7 Å². The molecule has 0 spiro atoms. The van der Waals surface area contributed by atoms with Crippen LogP contribution in [0.15, 0.2) is 10.4 Å². The minimum Gasteiger partial charge on any atom is -0.356 e. The van der Waals surface area contributed by atoms with E-state index < -0.39 is 9.84 Å². The summed E-state index contributed by atoms with van der Waals surface area (Å²) < 4.78 is 22.9. The zero-order chi connectivity index (χ0) is 16.2. The Labute approximate surface area is 159 Å². The zero-order valence-corrected chi connectivity index (χ0v) is 17.7. The Kier molecular flexibility index (Phi) is 8.22. The van der Waals surface area contributed by atoms with E-state index in [2.05, 4.69) is 39.8 Å². The molecule has 9 heteroatoms. The van der Waals surface area contributed by atoms with Crippen LogP contribution in [0.5, 0.6) is 0 Å². The summed E-state index contributed by atoms with van der Waals surface area (Å²) in [7, 11) is -1.11. The van der Waals surface area contributed by atoms with Crippen molar-refractivity contribution in [3.8, 4) is 0 Å². The van der Waals surface area contributed by atoms with E-state index in [0.29, 0.717) is 30.7 Å². The lowest BCUT2D eigenvalue weighted by atomic mass is 10.1. The number of aliphatic imine (C=N–C) groups is 1. The molecule has 2 N–H and O–H groups in total. The summed E-state index contributed by atoms with van der Waals surface area (Å²) in [5.74, 6) is 1.89. The fourth-order valence-electron chi connectivity index (χ4n) is 2.33. The van der Waals surface area contributed by atoms with Gasteiger partial charge in [-0.15, -0.1) is 35.3 Å². The van der Waals surface area contributed by atoms with E-state index in [-0.39, 0.29) is 35.6 Å². The van der Waals surface area contributed by atoms with E-state index in [0.717, 1.165) is 17.1 Å². The Morgan fingerprint density at radius 1 is 1.48 bits per heavy atom. The lowest BCUT2D eigenvalue weighted by Crippen LogP contribution is -2.39. The van der Waals surface area contributed by atoms with Crippen LogP contribution in [0, 0.1) is 5.92 Å². The molecule has 0 bridgehead atoms. The summed E-state index contributed by atoms with van der Waals surface area (Å²) in [6, 6.07) is 0. The van der Waals surface area contributed by atoms with Crippen LogP contribution >= 0.6 is 35.3 Å². The van der Waals surface area contributed by atoms with Crippen molar-refractivity contribution in [1.29, 1.82) is 0 Å². The van der Waals surface area contributed by atoms with Gasteiger partial charge >= 0.3 is 0 Å². The highest BCUT2D eigenvalue weighted by Gasteiger charge is 2.27. The van der Waals surface area contributed by atoms with Gasteiger partial charge in [-0.3, -0.25) is 4.99 Å². The molecule has 0 aromatic carbocycles.